The molecule has 0 spiro atoms. The molecular weight excluding hydrogens is 426 g/mol. The number of anilines is 1. The zero-order valence-electron chi connectivity index (χ0n) is 19.2. The van der Waals surface area contributed by atoms with Gasteiger partial charge in [0, 0.05) is 26.6 Å². The summed E-state index contributed by atoms with van der Waals surface area (Å²) in [5.74, 6) is -0.393. The molecule has 0 heterocycles. The molecule has 0 aliphatic rings. The number of likely N-dealkylation sites (N-methyl/N-ethyl adjacent to an activating group) is 1. The van der Waals surface area contributed by atoms with E-state index in [-0.39, 0.29) is 24.8 Å². The lowest BCUT2D eigenvalue weighted by Crippen LogP contribution is -2.48. The maximum Gasteiger partial charge on any atom is 0.242 e. The maximum absolute atomic E-state index is 13.2. The molecular formula is C24H33N3O4S. The number of aryl methyl sites for hydroxylation is 1. The lowest BCUT2D eigenvalue weighted by atomic mass is 10.1. The molecule has 0 unspecified atom stereocenters. The van der Waals surface area contributed by atoms with Crippen LogP contribution in [-0.4, -0.2) is 51.0 Å². The Morgan fingerprint density at radius 1 is 1.03 bits per heavy atom. The van der Waals surface area contributed by atoms with Crippen molar-refractivity contribution in [1.29, 1.82) is 0 Å². The first-order valence-corrected chi connectivity index (χ1v) is 12.6. The van der Waals surface area contributed by atoms with E-state index in [4.69, 9.17) is 0 Å². The third-order valence-corrected chi connectivity index (χ3v) is 6.50. The Morgan fingerprint density at radius 3 is 2.19 bits per heavy atom. The Balaban J connectivity index is 2.15. The molecule has 0 saturated carbocycles. The highest BCUT2D eigenvalue weighted by molar-refractivity contribution is 7.92. The maximum atomic E-state index is 13.2. The van der Waals surface area contributed by atoms with E-state index in [1.54, 1.807) is 24.1 Å². The third kappa shape index (κ3) is 7.09. The van der Waals surface area contributed by atoms with Crippen molar-refractivity contribution in [3.63, 3.8) is 0 Å². The van der Waals surface area contributed by atoms with Crippen molar-refractivity contribution in [2.45, 2.75) is 45.7 Å². The lowest BCUT2D eigenvalue weighted by Gasteiger charge is -2.30. The molecule has 0 aromatic heterocycles. The summed E-state index contributed by atoms with van der Waals surface area (Å²) in [6.45, 7) is 4.31. The molecule has 1 N–H and O–H groups in total. The van der Waals surface area contributed by atoms with Crippen molar-refractivity contribution in [2.24, 2.45) is 0 Å². The summed E-state index contributed by atoms with van der Waals surface area (Å²) in [6, 6.07) is 16.2. The molecule has 2 aromatic carbocycles. The number of carbonyl (C=O) groups is 2. The van der Waals surface area contributed by atoms with Crippen molar-refractivity contribution < 1.29 is 18.0 Å². The molecule has 8 heteroatoms. The predicted molar refractivity (Wildman–Crippen MR) is 128 cm³/mol. The number of carbonyl (C=O) groups excluding carboxylic acids is 2. The van der Waals surface area contributed by atoms with Gasteiger partial charge < -0.3 is 10.2 Å². The second-order valence-corrected chi connectivity index (χ2v) is 9.73. The normalized spacial score (nSPS) is 12.1. The van der Waals surface area contributed by atoms with Crippen molar-refractivity contribution in [2.75, 3.05) is 24.2 Å². The summed E-state index contributed by atoms with van der Waals surface area (Å²) >= 11 is 0. The molecule has 2 aromatic rings. The largest absolute Gasteiger partial charge is 0.357 e. The van der Waals surface area contributed by atoms with Crippen LogP contribution in [0, 0.1) is 6.92 Å². The Hall–Kier alpha value is -2.87. The monoisotopic (exact) mass is 459 g/mol. The van der Waals surface area contributed by atoms with Crippen LogP contribution in [0.4, 0.5) is 5.69 Å². The molecule has 0 fully saturated rings. The summed E-state index contributed by atoms with van der Waals surface area (Å²) in [6.07, 6.45) is 2.12. The average Bonchev–Trinajstić information content (AvgIpc) is 2.77. The highest BCUT2D eigenvalue weighted by Crippen LogP contribution is 2.20. The number of benzene rings is 2. The van der Waals surface area contributed by atoms with Gasteiger partial charge in [0.05, 0.1) is 11.9 Å². The minimum absolute atomic E-state index is 0.137. The van der Waals surface area contributed by atoms with Crippen molar-refractivity contribution >= 4 is 27.5 Å². The highest BCUT2D eigenvalue weighted by atomic mass is 32.2. The van der Waals surface area contributed by atoms with Crippen LogP contribution in [0.5, 0.6) is 0 Å². The molecule has 0 aliphatic carbocycles. The molecule has 174 valence electrons. The van der Waals surface area contributed by atoms with Gasteiger partial charge in [0.15, 0.2) is 0 Å². The summed E-state index contributed by atoms with van der Waals surface area (Å²) < 4.78 is 26.0. The first-order valence-electron chi connectivity index (χ1n) is 10.8. The van der Waals surface area contributed by atoms with E-state index >= 15 is 0 Å². The summed E-state index contributed by atoms with van der Waals surface area (Å²) in [5.41, 5.74) is 2.54. The molecule has 2 amide bonds. The summed E-state index contributed by atoms with van der Waals surface area (Å²) in [7, 11) is -1.93. The second kappa shape index (κ2) is 11.7. The van der Waals surface area contributed by atoms with Gasteiger partial charge in [-0.2, -0.15) is 0 Å². The molecule has 0 radical (unpaired) electrons. The van der Waals surface area contributed by atoms with E-state index in [2.05, 4.69) is 5.32 Å². The molecule has 7 nitrogen and oxygen atoms in total. The van der Waals surface area contributed by atoms with Gasteiger partial charge in [-0.3, -0.25) is 13.9 Å². The summed E-state index contributed by atoms with van der Waals surface area (Å²) in [4.78, 5) is 27.2. The Morgan fingerprint density at radius 2 is 1.66 bits per heavy atom. The van der Waals surface area contributed by atoms with E-state index in [0.29, 0.717) is 25.1 Å². The zero-order chi connectivity index (χ0) is 23.7. The second-order valence-electron chi connectivity index (χ2n) is 7.82. The van der Waals surface area contributed by atoms with Crippen LogP contribution in [0.2, 0.25) is 0 Å². The molecule has 32 heavy (non-hydrogen) atoms. The minimum Gasteiger partial charge on any atom is -0.357 e. The fraction of sp³-hybridized carbons (Fsp3) is 0.417. The molecule has 0 aliphatic heterocycles. The minimum atomic E-state index is -3.49. The van der Waals surface area contributed by atoms with Crippen molar-refractivity contribution in [3.05, 3.63) is 65.7 Å². The summed E-state index contributed by atoms with van der Waals surface area (Å²) in [5, 5.41) is 2.64. The van der Waals surface area contributed by atoms with Crippen LogP contribution in [0.25, 0.3) is 0 Å². The molecule has 1 atom stereocenters. The van der Waals surface area contributed by atoms with Gasteiger partial charge in [-0.15, -0.1) is 0 Å². The number of nitrogens with zero attached hydrogens (tertiary/aromatic N) is 2. The lowest BCUT2D eigenvalue weighted by molar-refractivity contribution is -0.141. The van der Waals surface area contributed by atoms with Gasteiger partial charge in [0.2, 0.25) is 21.8 Å². The topological polar surface area (TPSA) is 86.8 Å². The number of sulfonamides is 1. The van der Waals surface area contributed by atoms with Gasteiger partial charge in [-0.1, -0.05) is 55.0 Å². The fourth-order valence-corrected chi connectivity index (χ4v) is 4.55. The van der Waals surface area contributed by atoms with E-state index in [9.17, 15) is 18.0 Å². The van der Waals surface area contributed by atoms with Crippen LogP contribution in [0.15, 0.2) is 54.6 Å². The Labute approximate surface area is 191 Å². The van der Waals surface area contributed by atoms with Gasteiger partial charge in [0.1, 0.15) is 6.04 Å². The van der Waals surface area contributed by atoms with Crippen LogP contribution >= 0.6 is 0 Å². The predicted octanol–water partition coefficient (Wildman–Crippen LogP) is 3.09. The van der Waals surface area contributed by atoms with E-state index in [1.165, 1.54) is 4.31 Å². The zero-order valence-corrected chi connectivity index (χ0v) is 20.1. The highest BCUT2D eigenvalue weighted by Gasteiger charge is 2.28. The van der Waals surface area contributed by atoms with Crippen molar-refractivity contribution in [1.82, 2.24) is 10.2 Å². The number of nitrogens with one attached hydrogen (secondary N) is 1. The van der Waals surface area contributed by atoms with E-state index < -0.39 is 16.1 Å². The van der Waals surface area contributed by atoms with Crippen LogP contribution in [0.3, 0.4) is 0 Å². The van der Waals surface area contributed by atoms with Crippen molar-refractivity contribution in [3.8, 4) is 0 Å². The third-order valence-electron chi connectivity index (χ3n) is 5.30. The number of hydrogen-bond acceptors (Lipinski definition) is 4. The standard InChI is InChI=1S/C24H33N3O4S/c1-5-22(24(29)25-3)26(18-20-10-7-6-8-11-20)23(28)12-9-17-27(32(4,30)31)21-15-13-19(2)14-16-21/h6-8,10-11,13-16,22H,5,9,12,17-18H2,1-4H3,(H,25,29)/t22-/m0/s1. The van der Waals surface area contributed by atoms with Crippen LogP contribution in [0.1, 0.15) is 37.3 Å². The van der Waals surface area contributed by atoms with E-state index in [0.717, 1.165) is 17.4 Å². The molecule has 2 rings (SSSR count). The van der Waals surface area contributed by atoms with E-state index in [1.807, 2.05) is 56.3 Å². The van der Waals surface area contributed by atoms with Gasteiger partial charge in [0.25, 0.3) is 0 Å². The first-order chi connectivity index (χ1) is 15.2. The number of hydrogen-bond donors (Lipinski definition) is 1. The fourth-order valence-electron chi connectivity index (χ4n) is 3.58. The van der Waals surface area contributed by atoms with Gasteiger partial charge >= 0.3 is 0 Å². The molecule has 0 saturated heterocycles. The smallest absolute Gasteiger partial charge is 0.242 e. The van der Waals surface area contributed by atoms with Crippen LogP contribution < -0.4 is 9.62 Å². The first kappa shape index (κ1) is 25.4. The van der Waals surface area contributed by atoms with Gasteiger partial charge in [-0.25, -0.2) is 8.42 Å². The number of rotatable bonds is 11. The SMILES string of the molecule is CC[C@@H](C(=O)NC)N(Cc1ccccc1)C(=O)CCCN(c1ccc(C)cc1)S(C)(=O)=O. The Bertz CT molecular complexity index is 992. The molecule has 0 bridgehead atoms. The number of amides is 2. The van der Waals surface area contributed by atoms with Gasteiger partial charge in [-0.05, 0) is 37.5 Å². The quantitative estimate of drug-likeness (QED) is 0.559. The average molecular weight is 460 g/mol. The van der Waals surface area contributed by atoms with Crippen LogP contribution in [-0.2, 0) is 26.2 Å². The Kier molecular flexibility index (Phi) is 9.26.